The lowest BCUT2D eigenvalue weighted by atomic mass is 10.1. The molecule has 0 saturated carbocycles. The molecule has 0 radical (unpaired) electrons. The van der Waals surface area contributed by atoms with Crippen molar-refractivity contribution >= 4 is 5.97 Å². The van der Waals surface area contributed by atoms with Gasteiger partial charge in [0.2, 0.25) is 0 Å². The monoisotopic (exact) mass is 253 g/mol. The summed E-state index contributed by atoms with van der Waals surface area (Å²) in [4.78, 5) is 15.2. The van der Waals surface area contributed by atoms with Crippen molar-refractivity contribution in [1.82, 2.24) is 4.98 Å². The summed E-state index contributed by atoms with van der Waals surface area (Å²) in [7, 11) is 0. The van der Waals surface area contributed by atoms with E-state index in [1.165, 1.54) is 0 Å². The van der Waals surface area contributed by atoms with Gasteiger partial charge in [0.15, 0.2) is 17.8 Å². The molecule has 0 aliphatic carbocycles. The second-order valence-electron chi connectivity index (χ2n) is 3.37. The third kappa shape index (κ3) is 2.22. The average molecular weight is 253 g/mol. The molecule has 2 aromatic rings. The number of carbonyl (C=O) groups is 1. The highest BCUT2D eigenvalue weighted by atomic mass is 19.1. The molecule has 0 fully saturated rings. The molecule has 0 N–H and O–H groups in total. The minimum Gasteiger partial charge on any atom is -0.461 e. The Hall–Kier alpha value is -2.24. The number of oxazole rings is 1. The molecule has 0 saturated heterocycles. The maximum atomic E-state index is 13.6. The van der Waals surface area contributed by atoms with E-state index in [0.717, 1.165) is 24.6 Å². The molecule has 0 aliphatic heterocycles. The van der Waals surface area contributed by atoms with Gasteiger partial charge in [0.05, 0.1) is 12.2 Å². The van der Waals surface area contributed by atoms with Crippen LogP contribution in [0, 0.1) is 11.6 Å². The standard InChI is InChI=1S/C12H9F2NO3/c1-2-17-12(16)10-11(18-6-15-10)8-5-7(13)3-4-9(8)14/h3-6H,2H2,1H3. The molecular formula is C12H9F2NO3. The number of nitrogens with zero attached hydrogens (tertiary/aromatic N) is 1. The lowest BCUT2D eigenvalue weighted by molar-refractivity contribution is 0.0520. The number of ether oxygens (including phenoxy) is 1. The van der Waals surface area contributed by atoms with Crippen molar-refractivity contribution in [3.05, 3.63) is 41.9 Å². The molecule has 6 heteroatoms. The molecule has 0 aliphatic rings. The van der Waals surface area contributed by atoms with Gasteiger partial charge in [-0.15, -0.1) is 0 Å². The quantitative estimate of drug-likeness (QED) is 0.789. The number of hydrogen-bond donors (Lipinski definition) is 0. The number of hydrogen-bond acceptors (Lipinski definition) is 4. The van der Waals surface area contributed by atoms with Crippen LogP contribution in [0.2, 0.25) is 0 Å². The highest BCUT2D eigenvalue weighted by Gasteiger charge is 2.22. The molecule has 2 rings (SSSR count). The predicted molar refractivity (Wildman–Crippen MR) is 57.8 cm³/mol. The van der Waals surface area contributed by atoms with Crippen molar-refractivity contribution in [2.45, 2.75) is 6.92 Å². The van der Waals surface area contributed by atoms with Gasteiger partial charge in [-0.3, -0.25) is 0 Å². The van der Waals surface area contributed by atoms with Crippen LogP contribution in [0.5, 0.6) is 0 Å². The van der Waals surface area contributed by atoms with Crippen molar-refractivity contribution in [3.8, 4) is 11.3 Å². The van der Waals surface area contributed by atoms with Gasteiger partial charge < -0.3 is 9.15 Å². The van der Waals surface area contributed by atoms with Gasteiger partial charge >= 0.3 is 5.97 Å². The molecule has 4 nitrogen and oxygen atoms in total. The molecule has 94 valence electrons. The largest absolute Gasteiger partial charge is 0.461 e. The van der Waals surface area contributed by atoms with Crippen LogP contribution in [-0.4, -0.2) is 17.6 Å². The Kier molecular flexibility index (Phi) is 3.36. The molecular weight excluding hydrogens is 244 g/mol. The Labute approximate surface area is 101 Å². The highest BCUT2D eigenvalue weighted by molar-refractivity contribution is 5.93. The maximum absolute atomic E-state index is 13.6. The van der Waals surface area contributed by atoms with E-state index >= 15 is 0 Å². The van der Waals surface area contributed by atoms with E-state index in [1.54, 1.807) is 6.92 Å². The Balaban J connectivity index is 2.48. The van der Waals surface area contributed by atoms with Crippen LogP contribution in [-0.2, 0) is 4.74 Å². The lowest BCUT2D eigenvalue weighted by Crippen LogP contribution is -2.06. The minimum absolute atomic E-state index is 0.148. The zero-order valence-electron chi connectivity index (χ0n) is 9.44. The van der Waals surface area contributed by atoms with Crippen molar-refractivity contribution < 1.29 is 22.7 Å². The summed E-state index contributed by atoms with van der Waals surface area (Å²) in [6.07, 6.45) is 0.978. The van der Waals surface area contributed by atoms with Crippen LogP contribution in [0.25, 0.3) is 11.3 Å². The molecule has 0 spiro atoms. The second kappa shape index (κ2) is 4.95. The Bertz CT molecular complexity index is 580. The van der Waals surface area contributed by atoms with E-state index in [2.05, 4.69) is 4.98 Å². The summed E-state index contributed by atoms with van der Waals surface area (Å²) < 4.78 is 36.3. The third-order valence-corrected chi connectivity index (χ3v) is 2.21. The summed E-state index contributed by atoms with van der Waals surface area (Å²) in [6, 6.07) is 2.85. The van der Waals surface area contributed by atoms with Gasteiger partial charge in [-0.25, -0.2) is 18.6 Å². The van der Waals surface area contributed by atoms with Crippen molar-refractivity contribution in [3.63, 3.8) is 0 Å². The van der Waals surface area contributed by atoms with Crippen LogP contribution >= 0.6 is 0 Å². The van der Waals surface area contributed by atoms with Crippen LogP contribution in [0.3, 0.4) is 0 Å². The first-order valence-corrected chi connectivity index (χ1v) is 5.19. The zero-order chi connectivity index (χ0) is 13.1. The van der Waals surface area contributed by atoms with Crippen LogP contribution in [0.1, 0.15) is 17.4 Å². The number of esters is 1. The average Bonchev–Trinajstić information content (AvgIpc) is 2.81. The molecule has 0 atom stereocenters. The number of rotatable bonds is 3. The first-order chi connectivity index (χ1) is 8.63. The highest BCUT2D eigenvalue weighted by Crippen LogP contribution is 2.27. The van der Waals surface area contributed by atoms with Gasteiger partial charge in [0.25, 0.3) is 0 Å². The smallest absolute Gasteiger partial charge is 0.360 e. The predicted octanol–water partition coefficient (Wildman–Crippen LogP) is 2.80. The van der Waals surface area contributed by atoms with Crippen LogP contribution < -0.4 is 0 Å². The van der Waals surface area contributed by atoms with E-state index in [1.807, 2.05) is 0 Å². The number of aromatic nitrogens is 1. The summed E-state index contributed by atoms with van der Waals surface area (Å²) in [5.41, 5.74) is -0.350. The van der Waals surface area contributed by atoms with Crippen LogP contribution in [0.15, 0.2) is 29.0 Å². The first kappa shape index (κ1) is 12.2. The normalized spacial score (nSPS) is 10.4. The molecule has 0 unspecified atom stereocenters. The van der Waals surface area contributed by atoms with Gasteiger partial charge in [-0.1, -0.05) is 0 Å². The van der Waals surface area contributed by atoms with Gasteiger partial charge in [0, 0.05) is 0 Å². The van der Waals surface area contributed by atoms with E-state index in [-0.39, 0.29) is 23.6 Å². The van der Waals surface area contributed by atoms with E-state index in [9.17, 15) is 13.6 Å². The summed E-state index contributed by atoms with van der Waals surface area (Å²) >= 11 is 0. The van der Waals surface area contributed by atoms with Crippen molar-refractivity contribution in [2.75, 3.05) is 6.61 Å². The fourth-order valence-electron chi connectivity index (χ4n) is 1.45. The molecule has 1 aromatic carbocycles. The molecule has 0 bridgehead atoms. The summed E-state index contributed by atoms with van der Waals surface area (Å²) in [6.45, 7) is 1.77. The number of halogens is 2. The van der Waals surface area contributed by atoms with Gasteiger partial charge in [-0.2, -0.15) is 0 Å². The fourth-order valence-corrected chi connectivity index (χ4v) is 1.45. The topological polar surface area (TPSA) is 52.3 Å². The Morgan fingerprint density at radius 1 is 1.44 bits per heavy atom. The van der Waals surface area contributed by atoms with Crippen molar-refractivity contribution in [1.29, 1.82) is 0 Å². The van der Waals surface area contributed by atoms with E-state index < -0.39 is 17.6 Å². The first-order valence-electron chi connectivity index (χ1n) is 5.19. The molecule has 1 aromatic heterocycles. The van der Waals surface area contributed by atoms with Gasteiger partial charge in [0.1, 0.15) is 11.6 Å². The molecule has 18 heavy (non-hydrogen) atoms. The summed E-state index contributed by atoms with van der Waals surface area (Å²) in [5.74, 6) is -2.24. The fraction of sp³-hybridized carbons (Fsp3) is 0.167. The van der Waals surface area contributed by atoms with Gasteiger partial charge in [-0.05, 0) is 25.1 Å². The summed E-state index contributed by atoms with van der Waals surface area (Å²) in [5, 5.41) is 0. The second-order valence-corrected chi connectivity index (χ2v) is 3.37. The lowest BCUT2D eigenvalue weighted by Gasteiger charge is -2.02. The Morgan fingerprint density at radius 2 is 2.22 bits per heavy atom. The van der Waals surface area contributed by atoms with E-state index in [4.69, 9.17) is 9.15 Å². The number of carbonyl (C=O) groups excluding carboxylic acids is 1. The van der Waals surface area contributed by atoms with Crippen molar-refractivity contribution in [2.24, 2.45) is 0 Å². The molecule has 1 heterocycles. The Morgan fingerprint density at radius 3 is 2.94 bits per heavy atom. The van der Waals surface area contributed by atoms with Crippen LogP contribution in [0.4, 0.5) is 8.78 Å². The number of benzene rings is 1. The maximum Gasteiger partial charge on any atom is 0.360 e. The SMILES string of the molecule is CCOC(=O)c1ncoc1-c1cc(F)ccc1F. The minimum atomic E-state index is -0.745. The zero-order valence-corrected chi connectivity index (χ0v) is 9.44. The van der Waals surface area contributed by atoms with E-state index in [0.29, 0.717) is 0 Å². The third-order valence-electron chi connectivity index (χ3n) is 2.21. The molecule has 0 amide bonds.